The van der Waals surface area contributed by atoms with Crippen molar-refractivity contribution in [2.24, 2.45) is 16.6 Å². The van der Waals surface area contributed by atoms with Crippen LogP contribution in [0.1, 0.15) is 38.2 Å². The molecule has 3 nitrogen and oxygen atoms in total. The van der Waals surface area contributed by atoms with E-state index in [9.17, 15) is 0 Å². The summed E-state index contributed by atoms with van der Waals surface area (Å²) in [4.78, 5) is 6.83. The van der Waals surface area contributed by atoms with E-state index in [0.29, 0.717) is 5.96 Å². The molecule has 1 spiro atoms. The van der Waals surface area contributed by atoms with Crippen LogP contribution in [0.15, 0.2) is 29.3 Å². The highest BCUT2D eigenvalue weighted by Gasteiger charge is 2.47. The smallest absolute Gasteiger partial charge is 0.196 e. The topological polar surface area (TPSA) is 41.6 Å². The molecule has 2 aliphatic rings. The third kappa shape index (κ3) is 2.01. The van der Waals surface area contributed by atoms with Crippen LogP contribution in [0.5, 0.6) is 0 Å². The van der Waals surface area contributed by atoms with Gasteiger partial charge in [-0.15, -0.1) is 0 Å². The first-order valence-electron chi connectivity index (χ1n) is 7.31. The van der Waals surface area contributed by atoms with E-state index < -0.39 is 0 Å². The van der Waals surface area contributed by atoms with Gasteiger partial charge < -0.3 is 10.6 Å². The van der Waals surface area contributed by atoms with Gasteiger partial charge in [0, 0.05) is 5.69 Å². The van der Waals surface area contributed by atoms with Gasteiger partial charge in [0.15, 0.2) is 5.96 Å². The van der Waals surface area contributed by atoms with Crippen molar-refractivity contribution in [2.45, 2.75) is 45.1 Å². The zero-order valence-electron chi connectivity index (χ0n) is 11.9. The molecule has 1 fully saturated rings. The van der Waals surface area contributed by atoms with Crippen LogP contribution < -0.4 is 10.6 Å². The van der Waals surface area contributed by atoms with Crippen LogP contribution in [0.25, 0.3) is 0 Å². The molecule has 1 aliphatic heterocycles. The van der Waals surface area contributed by atoms with E-state index in [1.807, 2.05) is 0 Å². The van der Waals surface area contributed by atoms with E-state index in [2.05, 4.69) is 48.0 Å². The fourth-order valence-electron chi connectivity index (χ4n) is 3.62. The average Bonchev–Trinajstić information content (AvgIpc) is 2.97. The molecule has 3 rings (SSSR count). The lowest BCUT2D eigenvalue weighted by Gasteiger charge is -2.36. The molecular weight excluding hydrogens is 234 g/mol. The Labute approximate surface area is 115 Å². The number of rotatable bonds is 2. The van der Waals surface area contributed by atoms with Crippen LogP contribution in [0.4, 0.5) is 5.69 Å². The Morgan fingerprint density at radius 2 is 2.11 bits per heavy atom. The summed E-state index contributed by atoms with van der Waals surface area (Å²) in [7, 11) is 0. The molecule has 0 radical (unpaired) electrons. The van der Waals surface area contributed by atoms with Gasteiger partial charge in [-0.3, -0.25) is 4.99 Å². The molecule has 1 aromatic carbocycles. The molecule has 1 saturated carbocycles. The third-order valence-electron chi connectivity index (χ3n) is 4.79. The zero-order chi connectivity index (χ0) is 13.5. The molecule has 0 saturated heterocycles. The highest BCUT2D eigenvalue weighted by Crippen LogP contribution is 2.44. The van der Waals surface area contributed by atoms with Gasteiger partial charge in [-0.25, -0.2) is 0 Å². The van der Waals surface area contributed by atoms with Gasteiger partial charge >= 0.3 is 0 Å². The highest BCUT2D eigenvalue weighted by atomic mass is 15.4. The normalized spacial score (nSPS) is 30.1. The number of aryl methyl sites for hydroxylation is 1. The molecule has 1 aliphatic carbocycles. The average molecular weight is 257 g/mol. The summed E-state index contributed by atoms with van der Waals surface area (Å²) in [6, 6.07) is 8.65. The van der Waals surface area contributed by atoms with Crippen molar-refractivity contribution < 1.29 is 0 Å². The maximum Gasteiger partial charge on any atom is 0.196 e. The first-order valence-corrected chi connectivity index (χ1v) is 7.31. The second-order valence-electron chi connectivity index (χ2n) is 6.09. The maximum absolute atomic E-state index is 6.17. The number of hydrogen-bond donors (Lipinski definition) is 1. The first kappa shape index (κ1) is 12.5. The molecule has 0 bridgehead atoms. The summed E-state index contributed by atoms with van der Waals surface area (Å²) >= 11 is 0. The molecule has 2 N–H and O–H groups in total. The van der Waals surface area contributed by atoms with Gasteiger partial charge in [-0.1, -0.05) is 31.0 Å². The van der Waals surface area contributed by atoms with Crippen molar-refractivity contribution >= 4 is 11.6 Å². The van der Waals surface area contributed by atoms with Crippen molar-refractivity contribution in [3.63, 3.8) is 0 Å². The molecule has 1 heterocycles. The summed E-state index contributed by atoms with van der Waals surface area (Å²) in [6.07, 6.45) is 5.01. The lowest BCUT2D eigenvalue weighted by Crippen LogP contribution is -2.50. The zero-order valence-corrected chi connectivity index (χ0v) is 11.9. The van der Waals surface area contributed by atoms with E-state index >= 15 is 0 Å². The Hall–Kier alpha value is -1.51. The van der Waals surface area contributed by atoms with Crippen molar-refractivity contribution in [2.75, 3.05) is 11.4 Å². The van der Waals surface area contributed by atoms with Crippen molar-refractivity contribution in [3.05, 3.63) is 29.8 Å². The van der Waals surface area contributed by atoms with Crippen molar-refractivity contribution in [1.29, 1.82) is 0 Å². The Morgan fingerprint density at radius 1 is 1.37 bits per heavy atom. The van der Waals surface area contributed by atoms with E-state index in [-0.39, 0.29) is 5.54 Å². The van der Waals surface area contributed by atoms with Gasteiger partial charge in [0.25, 0.3) is 0 Å². The largest absolute Gasteiger partial charge is 0.369 e. The second-order valence-corrected chi connectivity index (χ2v) is 6.09. The van der Waals surface area contributed by atoms with Crippen LogP contribution in [0.2, 0.25) is 0 Å². The Balaban J connectivity index is 1.93. The molecule has 0 amide bonds. The molecule has 2 unspecified atom stereocenters. The van der Waals surface area contributed by atoms with E-state index in [1.54, 1.807) is 0 Å². The minimum atomic E-state index is 0.153. The van der Waals surface area contributed by atoms with Crippen LogP contribution in [-0.4, -0.2) is 18.0 Å². The Kier molecular flexibility index (Phi) is 3.00. The lowest BCUT2D eigenvalue weighted by atomic mass is 9.93. The molecule has 1 aromatic rings. The van der Waals surface area contributed by atoms with Crippen LogP contribution in [-0.2, 0) is 0 Å². The summed E-state index contributed by atoms with van der Waals surface area (Å²) in [6.45, 7) is 5.27. The number of guanidine groups is 1. The molecule has 102 valence electrons. The van der Waals surface area contributed by atoms with Gasteiger partial charge in [0.2, 0.25) is 0 Å². The van der Waals surface area contributed by atoms with E-state index in [4.69, 9.17) is 5.73 Å². The fourth-order valence-corrected chi connectivity index (χ4v) is 3.62. The molecule has 2 atom stereocenters. The first-order chi connectivity index (χ1) is 9.14. The Morgan fingerprint density at radius 3 is 2.74 bits per heavy atom. The molecule has 3 heteroatoms. The SMILES string of the molecule is CCC1CCC2(CN=C(N)N2c2ccc(C)cc2)C1. The third-order valence-corrected chi connectivity index (χ3v) is 4.79. The standard InChI is InChI=1S/C16H23N3/c1-3-13-8-9-16(10-13)11-18-15(17)19(16)14-6-4-12(2)5-7-14/h4-7,13H,3,8-11H2,1-2H3,(H2,17,18). The van der Waals surface area contributed by atoms with Gasteiger partial charge in [0.1, 0.15) is 0 Å². The van der Waals surface area contributed by atoms with Crippen LogP contribution >= 0.6 is 0 Å². The quantitative estimate of drug-likeness (QED) is 0.884. The monoisotopic (exact) mass is 257 g/mol. The number of nitrogens with two attached hydrogens (primary N) is 1. The van der Waals surface area contributed by atoms with Gasteiger partial charge in [-0.2, -0.15) is 0 Å². The maximum atomic E-state index is 6.17. The fraction of sp³-hybridized carbons (Fsp3) is 0.562. The summed E-state index contributed by atoms with van der Waals surface area (Å²) in [5.41, 5.74) is 8.80. The minimum absolute atomic E-state index is 0.153. The molecule has 19 heavy (non-hydrogen) atoms. The Bertz CT molecular complexity index is 491. The highest BCUT2D eigenvalue weighted by molar-refractivity contribution is 5.98. The van der Waals surface area contributed by atoms with Gasteiger partial charge in [0.05, 0.1) is 12.1 Å². The molecule has 0 aromatic heterocycles. The summed E-state index contributed by atoms with van der Waals surface area (Å²) in [5.74, 6) is 1.52. The number of aliphatic imine (C=N–C) groups is 1. The van der Waals surface area contributed by atoms with Crippen LogP contribution in [0.3, 0.4) is 0 Å². The number of hydrogen-bond acceptors (Lipinski definition) is 3. The number of benzene rings is 1. The van der Waals surface area contributed by atoms with Gasteiger partial charge in [-0.05, 0) is 44.2 Å². The minimum Gasteiger partial charge on any atom is -0.369 e. The van der Waals surface area contributed by atoms with Crippen molar-refractivity contribution in [1.82, 2.24) is 0 Å². The molecular formula is C16H23N3. The predicted molar refractivity (Wildman–Crippen MR) is 80.5 cm³/mol. The summed E-state index contributed by atoms with van der Waals surface area (Å²) in [5, 5.41) is 0. The lowest BCUT2D eigenvalue weighted by molar-refractivity contribution is 0.435. The second kappa shape index (κ2) is 4.55. The number of nitrogens with zero attached hydrogens (tertiary/aromatic N) is 2. The van der Waals surface area contributed by atoms with Crippen LogP contribution in [0, 0.1) is 12.8 Å². The van der Waals surface area contributed by atoms with E-state index in [1.165, 1.54) is 36.9 Å². The van der Waals surface area contributed by atoms with Crippen molar-refractivity contribution in [3.8, 4) is 0 Å². The predicted octanol–water partition coefficient (Wildman–Crippen LogP) is 3.08. The van der Waals surface area contributed by atoms with E-state index in [0.717, 1.165) is 12.5 Å². The number of anilines is 1. The summed E-state index contributed by atoms with van der Waals surface area (Å²) < 4.78 is 0.